The highest BCUT2D eigenvalue weighted by molar-refractivity contribution is 7.07. The number of rotatable bonds is 6. The van der Waals surface area contributed by atoms with Gasteiger partial charge in [0.1, 0.15) is 5.75 Å². The zero-order chi connectivity index (χ0) is 26.0. The molecule has 0 aliphatic carbocycles. The highest BCUT2D eigenvalue weighted by Gasteiger charge is 2.33. The van der Waals surface area contributed by atoms with Gasteiger partial charge >= 0.3 is 11.9 Å². The molecule has 1 aliphatic rings. The standard InChI is InChI=1S/C26H24N2O7S/c1-14-22(25(31)34-5)23(17-10-11-19(32-3)20(12-17)33-4)28-24(30)21(36-26(28)27-14)13-16-8-6-7-9-18(16)35-15(2)29/h6-13,23H,1-5H3/b21-13-. The number of hydrogen-bond donors (Lipinski definition) is 0. The predicted molar refractivity (Wildman–Crippen MR) is 133 cm³/mol. The van der Waals surface area contributed by atoms with Gasteiger partial charge in [-0.1, -0.05) is 35.6 Å². The number of carbonyl (C=O) groups is 2. The molecule has 1 aliphatic heterocycles. The Hall–Kier alpha value is -4.18. The number of nitrogens with zero attached hydrogens (tertiary/aromatic N) is 2. The van der Waals surface area contributed by atoms with Crippen molar-refractivity contribution in [2.24, 2.45) is 4.99 Å². The van der Waals surface area contributed by atoms with Gasteiger partial charge in [0.05, 0.1) is 43.2 Å². The van der Waals surface area contributed by atoms with E-state index in [0.29, 0.717) is 43.4 Å². The Labute approximate surface area is 210 Å². The third kappa shape index (κ3) is 4.55. The second kappa shape index (κ2) is 10.2. The van der Waals surface area contributed by atoms with Crippen LogP contribution in [0.4, 0.5) is 0 Å². The molecule has 1 unspecified atom stereocenters. The maximum absolute atomic E-state index is 13.7. The molecule has 0 saturated carbocycles. The summed E-state index contributed by atoms with van der Waals surface area (Å²) in [4.78, 5) is 43.0. The highest BCUT2D eigenvalue weighted by atomic mass is 32.1. The average molecular weight is 509 g/mol. The molecule has 0 N–H and O–H groups in total. The van der Waals surface area contributed by atoms with E-state index >= 15 is 0 Å². The van der Waals surface area contributed by atoms with Crippen LogP contribution in [-0.4, -0.2) is 37.8 Å². The summed E-state index contributed by atoms with van der Waals surface area (Å²) >= 11 is 1.17. The van der Waals surface area contributed by atoms with Gasteiger partial charge in [-0.3, -0.25) is 14.2 Å². The number of hydrogen-bond acceptors (Lipinski definition) is 9. The van der Waals surface area contributed by atoms with Gasteiger partial charge in [0.2, 0.25) is 0 Å². The van der Waals surface area contributed by atoms with Crippen LogP contribution in [0.3, 0.4) is 0 Å². The van der Waals surface area contributed by atoms with Gasteiger partial charge in [0.25, 0.3) is 5.56 Å². The van der Waals surface area contributed by atoms with E-state index in [4.69, 9.17) is 18.9 Å². The average Bonchev–Trinajstić information content (AvgIpc) is 3.17. The van der Waals surface area contributed by atoms with Gasteiger partial charge < -0.3 is 18.9 Å². The molecule has 10 heteroatoms. The molecule has 0 fully saturated rings. The first kappa shape index (κ1) is 24.9. The summed E-state index contributed by atoms with van der Waals surface area (Å²) in [7, 11) is 4.32. The number of para-hydroxylation sites is 1. The highest BCUT2D eigenvalue weighted by Crippen LogP contribution is 2.36. The van der Waals surface area contributed by atoms with Crippen molar-refractivity contribution < 1.29 is 28.5 Å². The van der Waals surface area contributed by atoms with E-state index in [9.17, 15) is 14.4 Å². The fourth-order valence-electron chi connectivity index (χ4n) is 4.02. The van der Waals surface area contributed by atoms with Gasteiger partial charge in [0, 0.05) is 12.5 Å². The normalized spacial score (nSPS) is 15.1. The molecule has 36 heavy (non-hydrogen) atoms. The molecule has 9 nitrogen and oxygen atoms in total. The smallest absolute Gasteiger partial charge is 0.338 e. The van der Waals surface area contributed by atoms with E-state index in [1.54, 1.807) is 55.5 Å². The van der Waals surface area contributed by atoms with E-state index in [0.717, 1.165) is 0 Å². The van der Waals surface area contributed by atoms with E-state index in [1.807, 2.05) is 0 Å². The summed E-state index contributed by atoms with van der Waals surface area (Å²) < 4.78 is 22.9. The minimum absolute atomic E-state index is 0.240. The van der Waals surface area contributed by atoms with Gasteiger partial charge in [-0.05, 0) is 36.8 Å². The lowest BCUT2D eigenvalue weighted by atomic mass is 9.95. The first-order chi connectivity index (χ1) is 17.3. The van der Waals surface area contributed by atoms with Crippen LogP contribution in [0.1, 0.15) is 31.0 Å². The van der Waals surface area contributed by atoms with Crippen molar-refractivity contribution in [1.82, 2.24) is 4.57 Å². The van der Waals surface area contributed by atoms with Crippen LogP contribution >= 0.6 is 11.3 Å². The van der Waals surface area contributed by atoms with Crippen molar-refractivity contribution in [3.05, 3.63) is 84.5 Å². The number of ether oxygens (including phenoxy) is 4. The van der Waals surface area contributed by atoms with Gasteiger partial charge in [0.15, 0.2) is 16.3 Å². The minimum atomic E-state index is -0.806. The molecule has 2 heterocycles. The van der Waals surface area contributed by atoms with Crippen LogP contribution in [0.5, 0.6) is 17.2 Å². The molecule has 0 amide bonds. The Balaban J connectivity index is 1.97. The second-order valence-electron chi connectivity index (χ2n) is 7.82. The summed E-state index contributed by atoms with van der Waals surface area (Å²) in [6.07, 6.45) is 1.64. The molecular formula is C26H24N2O7S. The molecule has 3 aromatic rings. The van der Waals surface area contributed by atoms with Crippen LogP contribution in [0, 0.1) is 0 Å². The number of methoxy groups -OCH3 is 3. The summed E-state index contributed by atoms with van der Waals surface area (Å²) in [5.41, 5.74) is 1.50. The van der Waals surface area contributed by atoms with Crippen LogP contribution in [0.2, 0.25) is 0 Å². The summed E-state index contributed by atoms with van der Waals surface area (Å²) in [5.74, 6) is 0.232. The fourth-order valence-corrected chi connectivity index (χ4v) is 5.06. The summed E-state index contributed by atoms with van der Waals surface area (Å²) in [5, 5.41) is 0. The van der Waals surface area contributed by atoms with Crippen molar-refractivity contribution in [2.75, 3.05) is 21.3 Å². The summed E-state index contributed by atoms with van der Waals surface area (Å²) in [6.45, 7) is 3.01. The third-order valence-corrected chi connectivity index (χ3v) is 6.59. The van der Waals surface area contributed by atoms with E-state index < -0.39 is 18.0 Å². The zero-order valence-corrected chi connectivity index (χ0v) is 21.2. The Morgan fingerprint density at radius 2 is 1.75 bits per heavy atom. The quantitative estimate of drug-likeness (QED) is 0.372. The summed E-state index contributed by atoms with van der Waals surface area (Å²) in [6, 6.07) is 11.3. The Kier molecular flexibility index (Phi) is 7.07. The molecular weight excluding hydrogens is 484 g/mol. The van der Waals surface area contributed by atoms with Gasteiger partial charge in [-0.15, -0.1) is 0 Å². The van der Waals surface area contributed by atoms with Crippen LogP contribution in [-0.2, 0) is 14.3 Å². The first-order valence-corrected chi connectivity index (χ1v) is 11.7. The lowest BCUT2D eigenvalue weighted by Crippen LogP contribution is -2.39. The monoisotopic (exact) mass is 508 g/mol. The Morgan fingerprint density at radius 1 is 1.03 bits per heavy atom. The minimum Gasteiger partial charge on any atom is -0.493 e. The second-order valence-corrected chi connectivity index (χ2v) is 8.83. The zero-order valence-electron chi connectivity index (χ0n) is 20.4. The maximum Gasteiger partial charge on any atom is 0.338 e. The predicted octanol–water partition coefficient (Wildman–Crippen LogP) is 2.35. The largest absolute Gasteiger partial charge is 0.493 e. The van der Waals surface area contributed by atoms with Crippen LogP contribution < -0.4 is 29.1 Å². The molecule has 0 radical (unpaired) electrons. The number of benzene rings is 2. The molecule has 2 aromatic carbocycles. The number of aromatic nitrogens is 1. The van der Waals surface area contributed by atoms with Crippen molar-refractivity contribution in [3.63, 3.8) is 0 Å². The van der Waals surface area contributed by atoms with Crippen molar-refractivity contribution in [3.8, 4) is 17.2 Å². The topological polar surface area (TPSA) is 105 Å². The Bertz CT molecular complexity index is 1570. The van der Waals surface area contributed by atoms with Crippen molar-refractivity contribution >= 4 is 29.4 Å². The van der Waals surface area contributed by atoms with Crippen molar-refractivity contribution in [1.29, 1.82) is 0 Å². The maximum atomic E-state index is 13.7. The Morgan fingerprint density at radius 3 is 2.42 bits per heavy atom. The van der Waals surface area contributed by atoms with E-state index in [-0.39, 0.29) is 11.1 Å². The molecule has 4 rings (SSSR count). The number of allylic oxidation sites excluding steroid dienone is 1. The van der Waals surface area contributed by atoms with Crippen LogP contribution in [0.25, 0.3) is 6.08 Å². The van der Waals surface area contributed by atoms with Crippen molar-refractivity contribution in [2.45, 2.75) is 19.9 Å². The molecule has 1 atom stereocenters. The molecule has 1 aromatic heterocycles. The lowest BCUT2D eigenvalue weighted by molar-refractivity contribution is -0.136. The first-order valence-electron chi connectivity index (χ1n) is 10.9. The van der Waals surface area contributed by atoms with E-state index in [1.165, 1.54) is 44.2 Å². The molecule has 0 spiro atoms. The van der Waals surface area contributed by atoms with Gasteiger partial charge in [-0.25, -0.2) is 9.79 Å². The number of fused-ring (bicyclic) bond motifs is 1. The van der Waals surface area contributed by atoms with Crippen LogP contribution in [0.15, 0.2) is 63.5 Å². The number of esters is 2. The number of carbonyl (C=O) groups excluding carboxylic acids is 2. The fraction of sp³-hybridized carbons (Fsp3) is 0.231. The third-order valence-electron chi connectivity index (χ3n) is 5.61. The SMILES string of the molecule is COC(=O)C1=C(C)N=c2s/c(=C\c3ccccc3OC(C)=O)c(=O)n2C1c1ccc(OC)c(OC)c1. The number of thiazole rings is 1. The van der Waals surface area contributed by atoms with Gasteiger partial charge in [-0.2, -0.15) is 0 Å². The lowest BCUT2D eigenvalue weighted by Gasteiger charge is -2.25. The molecule has 0 bridgehead atoms. The van der Waals surface area contributed by atoms with E-state index in [2.05, 4.69) is 4.99 Å². The molecule has 186 valence electrons. The molecule has 0 saturated heterocycles.